The average Bonchev–Trinajstić information content (AvgIpc) is 2.83. The molecule has 0 aromatic heterocycles. The number of fused-ring (bicyclic) bond motifs is 1. The third kappa shape index (κ3) is 4.82. The van der Waals surface area contributed by atoms with E-state index in [4.69, 9.17) is 4.74 Å². The summed E-state index contributed by atoms with van der Waals surface area (Å²) in [5.74, 6) is -0.247. The molecule has 0 spiro atoms. The second kappa shape index (κ2) is 9.59. The molecule has 1 N–H and O–H groups in total. The van der Waals surface area contributed by atoms with Crippen LogP contribution in [-0.4, -0.2) is 5.91 Å². The van der Waals surface area contributed by atoms with Gasteiger partial charge in [0.1, 0.15) is 29.8 Å². The summed E-state index contributed by atoms with van der Waals surface area (Å²) in [4.78, 5) is 12.6. The van der Waals surface area contributed by atoms with Gasteiger partial charge in [-0.1, -0.05) is 60.7 Å². The van der Waals surface area contributed by atoms with Crippen molar-refractivity contribution in [2.45, 2.75) is 6.61 Å². The van der Waals surface area contributed by atoms with Gasteiger partial charge in [-0.15, -0.1) is 0 Å². The molecule has 0 aliphatic carbocycles. The van der Waals surface area contributed by atoms with Crippen molar-refractivity contribution in [3.8, 4) is 11.8 Å². The molecule has 0 saturated heterocycles. The van der Waals surface area contributed by atoms with Gasteiger partial charge in [0.2, 0.25) is 0 Å². The topological polar surface area (TPSA) is 62.1 Å². The van der Waals surface area contributed by atoms with E-state index in [1.807, 2.05) is 72.8 Å². The molecule has 156 valence electrons. The zero-order valence-corrected chi connectivity index (χ0v) is 17.1. The number of benzene rings is 4. The van der Waals surface area contributed by atoms with E-state index in [2.05, 4.69) is 5.32 Å². The quantitative estimate of drug-likeness (QED) is 0.301. The maximum absolute atomic E-state index is 13.1. The van der Waals surface area contributed by atoms with Crippen molar-refractivity contribution in [1.29, 1.82) is 5.26 Å². The van der Waals surface area contributed by atoms with Gasteiger partial charge in [0.15, 0.2) is 0 Å². The number of halogens is 1. The first-order chi connectivity index (χ1) is 15.6. The summed E-state index contributed by atoms with van der Waals surface area (Å²) in [5, 5.41) is 13.9. The smallest absolute Gasteiger partial charge is 0.266 e. The first kappa shape index (κ1) is 20.8. The highest BCUT2D eigenvalue weighted by molar-refractivity contribution is 6.11. The SMILES string of the molecule is N#C/C(=C/c1ccc(OCc2ccccc2)c2ccccc12)C(=O)Nc1ccc(F)cc1. The predicted octanol–water partition coefficient (Wildman–Crippen LogP) is 6.10. The van der Waals surface area contributed by atoms with Crippen molar-refractivity contribution in [2.24, 2.45) is 0 Å². The molecule has 0 aliphatic rings. The molecule has 0 heterocycles. The Labute approximate surface area is 185 Å². The average molecular weight is 422 g/mol. The third-order valence-electron chi connectivity index (χ3n) is 4.92. The normalized spacial score (nSPS) is 11.1. The third-order valence-corrected chi connectivity index (χ3v) is 4.92. The van der Waals surface area contributed by atoms with Gasteiger partial charge in [-0.3, -0.25) is 4.79 Å². The molecule has 4 rings (SSSR count). The van der Waals surface area contributed by atoms with Gasteiger partial charge in [0.25, 0.3) is 5.91 Å². The van der Waals surface area contributed by atoms with Crippen molar-refractivity contribution >= 4 is 28.4 Å². The Balaban J connectivity index is 1.61. The van der Waals surface area contributed by atoms with E-state index >= 15 is 0 Å². The predicted molar refractivity (Wildman–Crippen MR) is 123 cm³/mol. The summed E-state index contributed by atoms with van der Waals surface area (Å²) in [7, 11) is 0. The van der Waals surface area contributed by atoms with Crippen LogP contribution < -0.4 is 10.1 Å². The summed E-state index contributed by atoms with van der Waals surface area (Å²) in [5.41, 5.74) is 2.13. The second-order valence-electron chi connectivity index (χ2n) is 7.10. The van der Waals surface area contributed by atoms with Crippen LogP contribution in [0.2, 0.25) is 0 Å². The lowest BCUT2D eigenvalue weighted by Crippen LogP contribution is -2.13. The zero-order valence-electron chi connectivity index (χ0n) is 17.1. The van der Waals surface area contributed by atoms with Crippen molar-refractivity contribution in [3.05, 3.63) is 114 Å². The molecule has 1 amide bonds. The Hall–Kier alpha value is -4.43. The Morgan fingerprint density at radius 2 is 1.59 bits per heavy atom. The number of carbonyl (C=O) groups excluding carboxylic acids is 1. The first-order valence-electron chi connectivity index (χ1n) is 10.0. The van der Waals surface area contributed by atoms with E-state index in [0.717, 1.165) is 27.6 Å². The minimum absolute atomic E-state index is 0.0579. The molecule has 0 unspecified atom stereocenters. The van der Waals surface area contributed by atoms with Crippen LogP contribution in [0.1, 0.15) is 11.1 Å². The summed E-state index contributed by atoms with van der Waals surface area (Å²) in [6.07, 6.45) is 1.54. The van der Waals surface area contributed by atoms with Crippen LogP contribution in [-0.2, 0) is 11.4 Å². The molecule has 0 atom stereocenters. The standard InChI is InChI=1S/C27H19FN2O2/c28-22-11-13-23(14-12-22)30-27(31)21(17-29)16-20-10-15-26(25-9-5-4-8-24(20)25)32-18-19-6-2-1-3-7-19/h1-16H,18H2,(H,30,31)/b21-16-. The minimum atomic E-state index is -0.562. The summed E-state index contributed by atoms with van der Waals surface area (Å²) >= 11 is 0. The Morgan fingerprint density at radius 1 is 0.906 bits per heavy atom. The van der Waals surface area contributed by atoms with E-state index < -0.39 is 11.7 Å². The van der Waals surface area contributed by atoms with Gasteiger partial charge in [-0.2, -0.15) is 5.26 Å². The van der Waals surface area contributed by atoms with Crippen LogP contribution in [0.5, 0.6) is 5.75 Å². The zero-order chi connectivity index (χ0) is 22.3. The fraction of sp³-hybridized carbons (Fsp3) is 0.0370. The highest BCUT2D eigenvalue weighted by Crippen LogP contribution is 2.30. The largest absolute Gasteiger partial charge is 0.488 e. The molecule has 0 fully saturated rings. The Morgan fingerprint density at radius 3 is 2.31 bits per heavy atom. The lowest BCUT2D eigenvalue weighted by Gasteiger charge is -2.12. The number of nitrogens with one attached hydrogen (secondary N) is 1. The van der Waals surface area contributed by atoms with Crippen LogP contribution in [0, 0.1) is 17.1 Å². The molecule has 0 bridgehead atoms. The van der Waals surface area contributed by atoms with E-state index in [0.29, 0.717) is 12.3 Å². The lowest BCUT2D eigenvalue weighted by molar-refractivity contribution is -0.112. The number of amides is 1. The molecule has 4 aromatic rings. The number of ether oxygens (including phenoxy) is 1. The highest BCUT2D eigenvalue weighted by atomic mass is 19.1. The van der Waals surface area contributed by atoms with E-state index in [1.54, 1.807) is 6.08 Å². The molecule has 5 heteroatoms. The molecule has 4 aromatic carbocycles. The number of hydrogen-bond donors (Lipinski definition) is 1. The van der Waals surface area contributed by atoms with Gasteiger partial charge in [-0.05, 0) is 52.9 Å². The fourth-order valence-corrected chi connectivity index (χ4v) is 3.32. The van der Waals surface area contributed by atoms with Gasteiger partial charge < -0.3 is 10.1 Å². The summed E-state index contributed by atoms with van der Waals surface area (Å²) in [6.45, 7) is 0.434. The van der Waals surface area contributed by atoms with Crippen molar-refractivity contribution in [2.75, 3.05) is 5.32 Å². The molecule has 4 nitrogen and oxygen atoms in total. The first-order valence-corrected chi connectivity index (χ1v) is 10.0. The molecular weight excluding hydrogens is 403 g/mol. The number of nitriles is 1. The Kier molecular flexibility index (Phi) is 6.24. The van der Waals surface area contributed by atoms with Gasteiger partial charge in [-0.25, -0.2) is 4.39 Å². The monoisotopic (exact) mass is 422 g/mol. The highest BCUT2D eigenvalue weighted by Gasteiger charge is 2.12. The number of nitrogens with zero attached hydrogens (tertiary/aromatic N) is 1. The fourth-order valence-electron chi connectivity index (χ4n) is 3.32. The lowest BCUT2D eigenvalue weighted by atomic mass is 10.0. The maximum Gasteiger partial charge on any atom is 0.266 e. The van der Waals surface area contributed by atoms with Crippen molar-refractivity contribution in [1.82, 2.24) is 0 Å². The maximum atomic E-state index is 13.1. The Bertz CT molecular complexity index is 1320. The van der Waals surface area contributed by atoms with Gasteiger partial charge in [0.05, 0.1) is 0 Å². The minimum Gasteiger partial charge on any atom is -0.488 e. The molecule has 0 saturated carbocycles. The summed E-state index contributed by atoms with van der Waals surface area (Å²) in [6, 6.07) is 28.5. The number of anilines is 1. The van der Waals surface area contributed by atoms with E-state index in [1.165, 1.54) is 24.3 Å². The number of carbonyl (C=O) groups is 1. The summed E-state index contributed by atoms with van der Waals surface area (Å²) < 4.78 is 19.1. The van der Waals surface area contributed by atoms with Crippen molar-refractivity contribution in [3.63, 3.8) is 0 Å². The molecule has 0 radical (unpaired) electrons. The molecule has 0 aliphatic heterocycles. The van der Waals surface area contributed by atoms with Crippen molar-refractivity contribution < 1.29 is 13.9 Å². The van der Waals surface area contributed by atoms with Crippen LogP contribution in [0.15, 0.2) is 96.6 Å². The number of hydrogen-bond acceptors (Lipinski definition) is 3. The van der Waals surface area contributed by atoms with Crippen LogP contribution in [0.4, 0.5) is 10.1 Å². The number of rotatable bonds is 6. The van der Waals surface area contributed by atoms with E-state index in [9.17, 15) is 14.4 Å². The second-order valence-corrected chi connectivity index (χ2v) is 7.10. The van der Waals surface area contributed by atoms with E-state index in [-0.39, 0.29) is 5.57 Å². The van der Waals surface area contributed by atoms with Crippen LogP contribution in [0.25, 0.3) is 16.8 Å². The molecular formula is C27H19FN2O2. The van der Waals surface area contributed by atoms with Gasteiger partial charge in [0, 0.05) is 11.1 Å². The van der Waals surface area contributed by atoms with Crippen LogP contribution in [0.3, 0.4) is 0 Å². The van der Waals surface area contributed by atoms with Gasteiger partial charge >= 0.3 is 0 Å². The molecule has 32 heavy (non-hydrogen) atoms. The van der Waals surface area contributed by atoms with Crippen LogP contribution >= 0.6 is 0 Å².